The van der Waals surface area contributed by atoms with Crippen LogP contribution in [0.15, 0.2) is 33.9 Å². The third kappa shape index (κ3) is 2.75. The van der Waals surface area contributed by atoms with Crippen molar-refractivity contribution in [2.45, 2.75) is 63.3 Å². The van der Waals surface area contributed by atoms with Gasteiger partial charge < -0.3 is 35.0 Å². The predicted molar refractivity (Wildman–Crippen MR) is 101 cm³/mol. The second-order valence-electron chi connectivity index (χ2n) is 8.80. The number of aliphatic hydroxyl groups excluding tert-OH is 3. The molecular formula is C21H28O8. The molecule has 1 saturated heterocycles. The molecule has 0 aromatic carbocycles. The van der Waals surface area contributed by atoms with Gasteiger partial charge in [0.05, 0.1) is 19.8 Å². The number of ether oxygens (including phenoxy) is 2. The third-order valence-corrected chi connectivity index (χ3v) is 7.20. The van der Waals surface area contributed by atoms with Gasteiger partial charge in [-0.05, 0) is 56.4 Å². The number of hydrogen-bond donors (Lipinski definition) is 5. The number of aliphatic hydroxyl groups is 5. The number of ketones is 1. The normalized spacial score (nSPS) is 41.2. The molecule has 1 saturated carbocycles. The summed E-state index contributed by atoms with van der Waals surface area (Å²) in [6.45, 7) is 4.40. The molecule has 0 bridgehead atoms. The van der Waals surface area contributed by atoms with E-state index < -0.39 is 41.7 Å². The first-order valence-electron chi connectivity index (χ1n) is 9.86. The number of allylic oxidation sites excluding steroid dienone is 2. The van der Waals surface area contributed by atoms with Gasteiger partial charge in [-0.2, -0.15) is 0 Å². The molecule has 4 aliphatic rings. The summed E-state index contributed by atoms with van der Waals surface area (Å²) in [7, 11) is 0. The molecule has 0 unspecified atom stereocenters. The summed E-state index contributed by atoms with van der Waals surface area (Å²) in [5.41, 5.74) is 1.95. The van der Waals surface area contributed by atoms with Gasteiger partial charge in [-0.25, -0.2) is 0 Å². The Morgan fingerprint density at radius 3 is 2.48 bits per heavy atom. The van der Waals surface area contributed by atoms with Crippen molar-refractivity contribution in [2.24, 2.45) is 5.41 Å². The minimum absolute atomic E-state index is 0.0688. The molecule has 8 nitrogen and oxygen atoms in total. The van der Waals surface area contributed by atoms with Crippen LogP contribution >= 0.6 is 0 Å². The number of fused-ring (bicyclic) bond motifs is 1. The molecule has 1 spiro atoms. The van der Waals surface area contributed by atoms with Crippen molar-refractivity contribution < 1.29 is 39.8 Å². The maximum absolute atomic E-state index is 13.0. The summed E-state index contributed by atoms with van der Waals surface area (Å²) in [6.07, 6.45) is -0.823. The first kappa shape index (κ1) is 20.9. The van der Waals surface area contributed by atoms with Gasteiger partial charge in [-0.15, -0.1) is 0 Å². The predicted octanol–water partition coefficient (Wildman–Crippen LogP) is -0.509. The molecule has 5 atom stereocenters. The van der Waals surface area contributed by atoms with Crippen molar-refractivity contribution in [1.29, 1.82) is 0 Å². The molecule has 160 valence electrons. The fourth-order valence-corrected chi connectivity index (χ4v) is 4.96. The molecule has 0 amide bonds. The van der Waals surface area contributed by atoms with Gasteiger partial charge in [-0.1, -0.05) is 5.57 Å². The number of hydrogen-bond acceptors (Lipinski definition) is 8. The summed E-state index contributed by atoms with van der Waals surface area (Å²) in [5, 5.41) is 50.4. The van der Waals surface area contributed by atoms with Crippen molar-refractivity contribution >= 4 is 5.78 Å². The van der Waals surface area contributed by atoms with Gasteiger partial charge in [0.15, 0.2) is 5.78 Å². The molecule has 3 aliphatic carbocycles. The zero-order chi connectivity index (χ0) is 21.4. The van der Waals surface area contributed by atoms with Crippen LogP contribution in [-0.2, 0) is 14.3 Å². The lowest BCUT2D eigenvalue weighted by Gasteiger charge is -2.42. The molecule has 0 radical (unpaired) electrons. The molecule has 5 N–H and O–H groups in total. The quantitative estimate of drug-likeness (QED) is 0.420. The fraction of sp³-hybridized carbons (Fsp3) is 0.667. The average Bonchev–Trinajstić information content (AvgIpc) is 3.44. The minimum Gasteiger partial charge on any atom is -0.391 e. The topological polar surface area (TPSA) is 137 Å². The average molecular weight is 408 g/mol. The zero-order valence-electron chi connectivity index (χ0n) is 16.8. The third-order valence-electron chi connectivity index (χ3n) is 7.20. The van der Waals surface area contributed by atoms with Crippen LogP contribution in [0.25, 0.3) is 0 Å². The fourth-order valence-electron chi connectivity index (χ4n) is 4.96. The van der Waals surface area contributed by atoms with Crippen molar-refractivity contribution in [2.75, 3.05) is 19.8 Å². The summed E-state index contributed by atoms with van der Waals surface area (Å²) in [4.78, 5) is 13.0. The Bertz CT molecular complexity index is 847. The lowest BCUT2D eigenvalue weighted by atomic mass is 9.67. The number of carbonyl (C=O) groups is 1. The molecule has 0 aromatic heterocycles. The molecule has 8 heteroatoms. The Morgan fingerprint density at radius 1 is 1.24 bits per heavy atom. The Hall–Kier alpha value is -1.39. The Labute approximate surface area is 168 Å². The first-order chi connectivity index (χ1) is 13.5. The number of carbonyl (C=O) groups excluding carboxylic acids is 1. The molecule has 0 aromatic rings. The number of rotatable bonds is 4. The largest absolute Gasteiger partial charge is 0.391 e. The maximum Gasteiger partial charge on any atom is 0.218 e. The van der Waals surface area contributed by atoms with Crippen molar-refractivity contribution in [1.82, 2.24) is 0 Å². The highest BCUT2D eigenvalue weighted by atomic mass is 16.7. The second-order valence-corrected chi connectivity index (χ2v) is 8.80. The van der Waals surface area contributed by atoms with E-state index in [2.05, 4.69) is 0 Å². The van der Waals surface area contributed by atoms with Gasteiger partial charge >= 0.3 is 0 Å². The van der Waals surface area contributed by atoms with E-state index in [0.717, 1.165) is 35.1 Å². The van der Waals surface area contributed by atoms with Crippen molar-refractivity contribution in [3.05, 3.63) is 33.9 Å². The highest BCUT2D eigenvalue weighted by Crippen LogP contribution is 2.64. The van der Waals surface area contributed by atoms with E-state index in [1.165, 1.54) is 0 Å². The van der Waals surface area contributed by atoms with Gasteiger partial charge in [-0.3, -0.25) is 4.79 Å². The van der Waals surface area contributed by atoms with Crippen LogP contribution in [0.5, 0.6) is 0 Å². The molecule has 4 rings (SSSR count). The summed E-state index contributed by atoms with van der Waals surface area (Å²) < 4.78 is 10.9. The monoisotopic (exact) mass is 408 g/mol. The maximum atomic E-state index is 13.0. The van der Waals surface area contributed by atoms with Crippen LogP contribution in [-0.4, -0.2) is 80.8 Å². The highest BCUT2D eigenvalue weighted by Gasteiger charge is 2.65. The summed E-state index contributed by atoms with van der Waals surface area (Å²) in [6, 6.07) is 0. The van der Waals surface area contributed by atoms with Crippen molar-refractivity contribution in [3.8, 4) is 0 Å². The Kier molecular flexibility index (Phi) is 4.71. The second kappa shape index (κ2) is 6.55. The first-order valence-corrected chi connectivity index (χ1v) is 9.86. The van der Waals surface area contributed by atoms with Crippen LogP contribution in [0, 0.1) is 5.41 Å². The standard InChI is InChI=1S/C21H28O8/c1-10-6-12-15(11(2)20(4-5-20)19(3,26)17(12)24)13(10)7-28-14-8-29-21(27,9-22)18(25)16(14)23/h6,14,16,18,22-23,25-27H,4-5,7-9H2,1-3H3/t14-,16-,18+,19+,21-/m1/s1. The molecule has 1 aliphatic heterocycles. The van der Waals surface area contributed by atoms with E-state index in [9.17, 15) is 30.3 Å². The van der Waals surface area contributed by atoms with Gasteiger partial charge in [0.2, 0.25) is 5.79 Å². The van der Waals surface area contributed by atoms with Gasteiger partial charge in [0.25, 0.3) is 0 Å². The van der Waals surface area contributed by atoms with Crippen LogP contribution in [0.1, 0.15) is 33.6 Å². The molecular weight excluding hydrogens is 380 g/mol. The lowest BCUT2D eigenvalue weighted by molar-refractivity contribution is -0.334. The Morgan fingerprint density at radius 2 is 1.90 bits per heavy atom. The van der Waals surface area contributed by atoms with E-state index >= 15 is 0 Å². The summed E-state index contributed by atoms with van der Waals surface area (Å²) in [5.74, 6) is -2.51. The highest BCUT2D eigenvalue weighted by molar-refractivity contribution is 6.10. The van der Waals surface area contributed by atoms with E-state index in [1.54, 1.807) is 13.0 Å². The van der Waals surface area contributed by atoms with E-state index in [-0.39, 0.29) is 19.0 Å². The SMILES string of the molecule is CC1=C(CO[C@@H]2CO[C@](O)(CO)[C@@H](O)[C@@H]2O)C2=C(C)C3(CC3)[C@@](C)(O)C(=O)C2=C1. The van der Waals surface area contributed by atoms with E-state index in [0.29, 0.717) is 5.57 Å². The lowest BCUT2D eigenvalue weighted by Crippen LogP contribution is -2.63. The van der Waals surface area contributed by atoms with Crippen LogP contribution < -0.4 is 0 Å². The summed E-state index contributed by atoms with van der Waals surface area (Å²) >= 11 is 0. The van der Waals surface area contributed by atoms with Gasteiger partial charge in [0, 0.05) is 11.0 Å². The van der Waals surface area contributed by atoms with Crippen molar-refractivity contribution in [3.63, 3.8) is 0 Å². The molecule has 2 fully saturated rings. The molecule has 29 heavy (non-hydrogen) atoms. The zero-order valence-corrected chi connectivity index (χ0v) is 16.8. The van der Waals surface area contributed by atoms with Gasteiger partial charge in [0.1, 0.15) is 23.9 Å². The van der Waals surface area contributed by atoms with Crippen LogP contribution in [0.2, 0.25) is 0 Å². The van der Waals surface area contributed by atoms with E-state index in [1.807, 2.05) is 13.8 Å². The smallest absolute Gasteiger partial charge is 0.218 e. The molecule has 1 heterocycles. The number of Topliss-reactive ketones (excluding diaryl/α,β-unsaturated/α-hetero) is 1. The Balaban J connectivity index is 1.56. The van der Waals surface area contributed by atoms with Crippen LogP contribution in [0.3, 0.4) is 0 Å². The minimum atomic E-state index is -2.23. The van der Waals surface area contributed by atoms with Crippen LogP contribution in [0.4, 0.5) is 0 Å². The van der Waals surface area contributed by atoms with E-state index in [4.69, 9.17) is 9.47 Å².